The molecule has 0 bridgehead atoms. The first-order valence-electron chi connectivity index (χ1n) is 7.42. The summed E-state index contributed by atoms with van der Waals surface area (Å²) in [5.74, 6) is 0.880. The van der Waals surface area contributed by atoms with Crippen molar-refractivity contribution in [3.05, 3.63) is 36.5 Å². The fourth-order valence-corrected chi connectivity index (χ4v) is 2.36. The molecule has 3 aromatic heterocycles. The molecule has 0 saturated carbocycles. The van der Waals surface area contributed by atoms with Crippen molar-refractivity contribution in [2.24, 2.45) is 7.05 Å². The number of fused-ring (bicyclic) bond motifs is 1. The molecule has 7 nitrogen and oxygen atoms in total. The summed E-state index contributed by atoms with van der Waals surface area (Å²) in [5, 5.41) is 7.89. The number of imidazole rings is 1. The Balaban J connectivity index is 0.000000143. The van der Waals surface area contributed by atoms with Crippen LogP contribution in [0.1, 0.15) is 18.5 Å². The van der Waals surface area contributed by atoms with Crippen molar-refractivity contribution in [2.45, 2.75) is 19.0 Å². The Morgan fingerprint density at radius 2 is 1.92 bits per heavy atom. The van der Waals surface area contributed by atoms with Gasteiger partial charge in [0.15, 0.2) is 11.3 Å². The van der Waals surface area contributed by atoms with Crippen LogP contribution in [-0.2, 0) is 13.2 Å². The minimum atomic E-state index is -4.41. The Morgan fingerprint density at radius 1 is 1.17 bits per heavy atom. The monoisotopic (exact) mass is 339 g/mol. The quantitative estimate of drug-likeness (QED) is 0.680. The summed E-state index contributed by atoms with van der Waals surface area (Å²) < 4.78 is 39.2. The van der Waals surface area contributed by atoms with E-state index in [9.17, 15) is 13.2 Å². The summed E-state index contributed by atoms with van der Waals surface area (Å²) in [6.07, 6.45) is 2.14. The van der Waals surface area contributed by atoms with Crippen LogP contribution in [0, 0.1) is 0 Å². The van der Waals surface area contributed by atoms with Gasteiger partial charge in [0.1, 0.15) is 6.33 Å². The van der Waals surface area contributed by atoms with Gasteiger partial charge in [-0.1, -0.05) is 0 Å². The van der Waals surface area contributed by atoms with Crippen LogP contribution in [-0.4, -0.2) is 42.5 Å². The van der Waals surface area contributed by atoms with Gasteiger partial charge in [0.05, 0.1) is 6.20 Å². The number of hydrogen-bond donors (Lipinski definition) is 0. The number of halogens is 3. The molecule has 128 valence electrons. The topological polar surface area (TPSA) is 64.1 Å². The Morgan fingerprint density at radius 3 is 2.50 bits per heavy atom. The van der Waals surface area contributed by atoms with E-state index in [0.29, 0.717) is 0 Å². The zero-order valence-electron chi connectivity index (χ0n) is 13.0. The minimum absolute atomic E-state index is 0.190. The zero-order chi connectivity index (χ0) is 17.2. The summed E-state index contributed by atoms with van der Waals surface area (Å²) in [4.78, 5) is 9.76. The van der Waals surface area contributed by atoms with E-state index in [1.165, 1.54) is 31.2 Å². The third-order valence-electron chi connectivity index (χ3n) is 3.50. The van der Waals surface area contributed by atoms with Crippen molar-refractivity contribution in [2.75, 3.05) is 18.0 Å². The smallest absolute Gasteiger partial charge is 0.340 e. The van der Waals surface area contributed by atoms with Crippen LogP contribution < -0.4 is 4.90 Å². The molecule has 1 saturated heterocycles. The Bertz CT molecular complexity index is 769. The highest BCUT2D eigenvalue weighted by molar-refractivity contribution is 5.37. The molecular weight excluding hydrogens is 323 g/mol. The Hall–Kier alpha value is -2.65. The normalized spacial score (nSPS) is 14.8. The van der Waals surface area contributed by atoms with Gasteiger partial charge >= 0.3 is 6.18 Å². The average Bonchev–Trinajstić information content (AvgIpc) is 3.26. The van der Waals surface area contributed by atoms with Crippen LogP contribution in [0.5, 0.6) is 0 Å². The Labute approximate surface area is 135 Å². The number of alkyl halides is 3. The van der Waals surface area contributed by atoms with Crippen LogP contribution in [0.3, 0.4) is 0 Å². The van der Waals surface area contributed by atoms with Crippen molar-refractivity contribution < 1.29 is 13.2 Å². The molecule has 0 amide bonds. The molecule has 3 aromatic rings. The van der Waals surface area contributed by atoms with Gasteiger partial charge in [-0.25, -0.2) is 14.5 Å². The molecule has 4 rings (SSSR count). The molecule has 0 aliphatic carbocycles. The van der Waals surface area contributed by atoms with E-state index in [-0.39, 0.29) is 5.65 Å². The first-order chi connectivity index (χ1) is 11.4. The molecule has 1 fully saturated rings. The second kappa shape index (κ2) is 6.46. The summed E-state index contributed by atoms with van der Waals surface area (Å²) in [7, 11) is 1.90. The molecule has 0 unspecified atom stereocenters. The van der Waals surface area contributed by atoms with E-state index < -0.39 is 11.9 Å². The second-order valence-corrected chi connectivity index (χ2v) is 5.36. The molecule has 0 spiro atoms. The predicted molar refractivity (Wildman–Crippen MR) is 80.4 cm³/mol. The highest BCUT2D eigenvalue weighted by atomic mass is 19.4. The van der Waals surface area contributed by atoms with Gasteiger partial charge in [-0.3, -0.25) is 4.68 Å². The average molecular weight is 339 g/mol. The maximum Gasteiger partial charge on any atom is 0.434 e. The lowest BCUT2D eigenvalue weighted by Gasteiger charge is -2.10. The van der Waals surface area contributed by atoms with Gasteiger partial charge in [-0.15, -0.1) is 5.10 Å². The van der Waals surface area contributed by atoms with Gasteiger partial charge < -0.3 is 4.90 Å². The number of aryl methyl sites for hydroxylation is 1. The Kier molecular flexibility index (Phi) is 4.36. The fourth-order valence-electron chi connectivity index (χ4n) is 2.36. The van der Waals surface area contributed by atoms with E-state index in [1.54, 1.807) is 11.0 Å². The SMILES string of the molecule is Cn1cnc(N2CCCC2)n1.FC(F)(F)c1cn2ncccc2n1. The third-order valence-corrected chi connectivity index (χ3v) is 3.50. The first-order valence-corrected chi connectivity index (χ1v) is 7.42. The maximum absolute atomic E-state index is 12.1. The molecule has 0 N–H and O–H groups in total. The maximum atomic E-state index is 12.1. The van der Waals surface area contributed by atoms with Gasteiger partial charge in [0, 0.05) is 26.3 Å². The number of hydrogen-bond acceptors (Lipinski definition) is 5. The summed E-state index contributed by atoms with van der Waals surface area (Å²) in [6.45, 7) is 2.23. The van der Waals surface area contributed by atoms with E-state index in [0.717, 1.165) is 29.8 Å². The summed E-state index contributed by atoms with van der Waals surface area (Å²) >= 11 is 0. The molecule has 10 heteroatoms. The summed E-state index contributed by atoms with van der Waals surface area (Å²) in [5.41, 5.74) is -0.735. The van der Waals surface area contributed by atoms with Crippen molar-refractivity contribution in [3.8, 4) is 0 Å². The van der Waals surface area contributed by atoms with E-state index in [4.69, 9.17) is 0 Å². The first kappa shape index (κ1) is 16.2. The van der Waals surface area contributed by atoms with Crippen molar-refractivity contribution in [1.29, 1.82) is 0 Å². The lowest BCUT2D eigenvalue weighted by molar-refractivity contribution is -0.140. The lowest BCUT2D eigenvalue weighted by atomic mass is 10.4. The summed E-state index contributed by atoms with van der Waals surface area (Å²) in [6, 6.07) is 2.99. The molecule has 4 heterocycles. The minimum Gasteiger partial charge on any atom is -0.340 e. The van der Waals surface area contributed by atoms with E-state index >= 15 is 0 Å². The lowest BCUT2D eigenvalue weighted by Crippen LogP contribution is -2.19. The number of anilines is 1. The molecule has 0 aromatic carbocycles. The van der Waals surface area contributed by atoms with Gasteiger partial charge in [-0.2, -0.15) is 18.3 Å². The largest absolute Gasteiger partial charge is 0.434 e. The molecule has 1 aliphatic heterocycles. The molecule has 1 aliphatic rings. The molecule has 24 heavy (non-hydrogen) atoms. The van der Waals surface area contributed by atoms with Crippen molar-refractivity contribution in [3.63, 3.8) is 0 Å². The highest BCUT2D eigenvalue weighted by Gasteiger charge is 2.33. The van der Waals surface area contributed by atoms with E-state index in [1.807, 2.05) is 7.05 Å². The van der Waals surface area contributed by atoms with Crippen LogP contribution >= 0.6 is 0 Å². The molecule has 0 radical (unpaired) electrons. The van der Waals surface area contributed by atoms with Gasteiger partial charge in [-0.05, 0) is 25.0 Å². The van der Waals surface area contributed by atoms with Crippen molar-refractivity contribution in [1.82, 2.24) is 29.4 Å². The zero-order valence-corrected chi connectivity index (χ0v) is 13.0. The predicted octanol–water partition coefficient (Wildman–Crippen LogP) is 2.16. The van der Waals surface area contributed by atoms with Gasteiger partial charge in [0.25, 0.3) is 0 Å². The standard InChI is InChI=1S/C7H4F3N3.C7H12N4/c8-7(9,10)5-4-13-6(12-5)2-1-3-11-13;1-10-6-8-7(9-10)11-4-2-3-5-11/h1-4H;6H,2-5H2,1H3. The number of aromatic nitrogens is 6. The van der Waals surface area contributed by atoms with Crippen LogP contribution in [0.25, 0.3) is 5.65 Å². The molecule has 0 atom stereocenters. The van der Waals surface area contributed by atoms with Gasteiger partial charge in [0.2, 0.25) is 5.95 Å². The van der Waals surface area contributed by atoms with Crippen LogP contribution in [0.2, 0.25) is 0 Å². The third kappa shape index (κ3) is 3.63. The van der Waals surface area contributed by atoms with E-state index in [2.05, 4.69) is 25.1 Å². The number of rotatable bonds is 1. The fraction of sp³-hybridized carbons (Fsp3) is 0.429. The number of nitrogens with zero attached hydrogens (tertiary/aromatic N) is 7. The highest BCUT2D eigenvalue weighted by Crippen LogP contribution is 2.27. The van der Waals surface area contributed by atoms with Crippen LogP contribution in [0.15, 0.2) is 30.9 Å². The second-order valence-electron chi connectivity index (χ2n) is 5.36. The van der Waals surface area contributed by atoms with Crippen LogP contribution in [0.4, 0.5) is 19.1 Å². The molecular formula is C14H16F3N7. The van der Waals surface area contributed by atoms with Crippen molar-refractivity contribution >= 4 is 11.6 Å².